The summed E-state index contributed by atoms with van der Waals surface area (Å²) < 4.78 is 0.990. The normalized spacial score (nSPS) is 22.0. The molecular formula is C10H18N+. The van der Waals surface area contributed by atoms with Crippen molar-refractivity contribution >= 4 is 0 Å². The fourth-order valence-electron chi connectivity index (χ4n) is 1.71. The van der Waals surface area contributed by atoms with Gasteiger partial charge in [-0.15, -0.1) is 6.42 Å². The van der Waals surface area contributed by atoms with E-state index in [2.05, 4.69) is 26.9 Å². The molecule has 0 saturated heterocycles. The summed E-state index contributed by atoms with van der Waals surface area (Å²) in [6.07, 6.45) is 9.37. The molecule has 11 heavy (non-hydrogen) atoms. The number of nitrogens with zero attached hydrogens (tertiary/aromatic N) is 1. The summed E-state index contributed by atoms with van der Waals surface area (Å²) in [6, 6.07) is 0. The van der Waals surface area contributed by atoms with E-state index in [9.17, 15) is 0 Å². The van der Waals surface area contributed by atoms with Crippen molar-refractivity contribution < 1.29 is 4.48 Å². The lowest BCUT2D eigenvalue weighted by Gasteiger charge is -2.51. The first kappa shape index (κ1) is 8.62. The van der Waals surface area contributed by atoms with Crippen molar-refractivity contribution in [3.8, 4) is 12.3 Å². The van der Waals surface area contributed by atoms with Crippen LogP contribution in [0.5, 0.6) is 0 Å². The molecule has 0 unspecified atom stereocenters. The van der Waals surface area contributed by atoms with Gasteiger partial charge < -0.3 is 4.48 Å². The Morgan fingerprint density at radius 2 is 2.00 bits per heavy atom. The molecule has 0 spiro atoms. The minimum absolute atomic E-state index is 0.465. The van der Waals surface area contributed by atoms with Gasteiger partial charge in [-0.1, -0.05) is 0 Å². The predicted molar refractivity (Wildman–Crippen MR) is 48.1 cm³/mol. The van der Waals surface area contributed by atoms with Crippen molar-refractivity contribution in [2.45, 2.75) is 31.7 Å². The second-order valence-corrected chi connectivity index (χ2v) is 4.40. The largest absolute Gasteiger partial charge is 0.314 e. The zero-order valence-electron chi connectivity index (χ0n) is 7.85. The Morgan fingerprint density at radius 1 is 1.45 bits per heavy atom. The number of hydrogen-bond donors (Lipinski definition) is 0. The fourth-order valence-corrected chi connectivity index (χ4v) is 1.71. The van der Waals surface area contributed by atoms with E-state index in [1.54, 1.807) is 0 Å². The maximum Gasteiger partial charge on any atom is 0.140 e. The molecule has 0 aromatic heterocycles. The van der Waals surface area contributed by atoms with Crippen molar-refractivity contribution in [2.75, 3.05) is 20.6 Å². The van der Waals surface area contributed by atoms with E-state index >= 15 is 0 Å². The molecule has 1 rings (SSSR count). The Bertz CT molecular complexity index is 182. The van der Waals surface area contributed by atoms with Crippen LogP contribution in [0, 0.1) is 12.3 Å². The smallest absolute Gasteiger partial charge is 0.140 e. The molecule has 0 radical (unpaired) electrons. The third-order valence-electron chi connectivity index (χ3n) is 3.38. The highest BCUT2D eigenvalue weighted by Gasteiger charge is 2.45. The molecule has 1 aliphatic carbocycles. The quantitative estimate of drug-likeness (QED) is 0.417. The maximum atomic E-state index is 5.32. The SMILES string of the molecule is C#CC[N+](C)(C)C1(C)CCC1. The first-order chi connectivity index (χ1) is 5.02. The molecule has 0 heterocycles. The fraction of sp³-hybridized carbons (Fsp3) is 0.800. The van der Waals surface area contributed by atoms with E-state index < -0.39 is 0 Å². The zero-order valence-corrected chi connectivity index (χ0v) is 7.85. The van der Waals surface area contributed by atoms with Gasteiger partial charge >= 0.3 is 0 Å². The molecule has 0 aromatic carbocycles. The third kappa shape index (κ3) is 1.28. The molecule has 0 aliphatic heterocycles. The highest BCUT2D eigenvalue weighted by atomic mass is 15.4. The first-order valence-corrected chi connectivity index (χ1v) is 4.28. The van der Waals surface area contributed by atoms with Gasteiger partial charge in [-0.25, -0.2) is 0 Å². The van der Waals surface area contributed by atoms with Crippen molar-refractivity contribution in [1.29, 1.82) is 0 Å². The summed E-state index contributed by atoms with van der Waals surface area (Å²) in [5.74, 6) is 2.75. The Labute approximate surface area is 70.0 Å². The van der Waals surface area contributed by atoms with Crippen molar-refractivity contribution in [3.63, 3.8) is 0 Å². The topological polar surface area (TPSA) is 0 Å². The van der Waals surface area contributed by atoms with Gasteiger partial charge in [0.05, 0.1) is 19.6 Å². The summed E-state index contributed by atoms with van der Waals surface area (Å²) in [4.78, 5) is 0. The predicted octanol–water partition coefficient (Wildman–Crippen LogP) is 1.64. The summed E-state index contributed by atoms with van der Waals surface area (Å²) in [7, 11) is 4.47. The zero-order chi connectivity index (χ0) is 8.54. The van der Waals surface area contributed by atoms with Crippen LogP contribution in [-0.2, 0) is 0 Å². The van der Waals surface area contributed by atoms with Crippen LogP contribution in [0.25, 0.3) is 0 Å². The van der Waals surface area contributed by atoms with Crippen LogP contribution >= 0.6 is 0 Å². The molecule has 1 saturated carbocycles. The Hall–Kier alpha value is -0.480. The molecule has 0 amide bonds. The molecule has 1 heteroatoms. The molecule has 1 fully saturated rings. The van der Waals surface area contributed by atoms with E-state index in [-0.39, 0.29) is 0 Å². The minimum Gasteiger partial charge on any atom is -0.314 e. The molecule has 1 nitrogen and oxygen atoms in total. The third-order valence-corrected chi connectivity index (χ3v) is 3.38. The highest BCUT2D eigenvalue weighted by Crippen LogP contribution is 2.39. The number of hydrogen-bond acceptors (Lipinski definition) is 0. The second kappa shape index (κ2) is 2.53. The van der Waals surface area contributed by atoms with E-state index in [4.69, 9.17) is 6.42 Å². The first-order valence-electron chi connectivity index (χ1n) is 4.28. The lowest BCUT2D eigenvalue weighted by atomic mass is 9.75. The maximum absolute atomic E-state index is 5.32. The van der Waals surface area contributed by atoms with E-state index in [0.29, 0.717) is 5.54 Å². The lowest BCUT2D eigenvalue weighted by molar-refractivity contribution is -0.940. The molecule has 0 N–H and O–H groups in total. The molecule has 0 aromatic rings. The molecule has 0 atom stereocenters. The Morgan fingerprint density at radius 3 is 2.27 bits per heavy atom. The summed E-state index contributed by atoms with van der Waals surface area (Å²) in [5, 5.41) is 0. The molecule has 0 bridgehead atoms. The van der Waals surface area contributed by atoms with Gasteiger partial charge in [-0.2, -0.15) is 0 Å². The number of terminal acetylenes is 1. The van der Waals surface area contributed by atoms with Gasteiger partial charge in [0.2, 0.25) is 0 Å². The Kier molecular flexibility index (Phi) is 1.98. The van der Waals surface area contributed by atoms with Crippen LogP contribution in [-0.4, -0.2) is 30.7 Å². The van der Waals surface area contributed by atoms with Crippen molar-refractivity contribution in [3.05, 3.63) is 0 Å². The average molecular weight is 152 g/mol. The number of quaternary nitrogens is 1. The highest BCUT2D eigenvalue weighted by molar-refractivity contribution is 4.90. The molecular weight excluding hydrogens is 134 g/mol. The van der Waals surface area contributed by atoms with Crippen LogP contribution < -0.4 is 0 Å². The standard InChI is InChI=1S/C10H18N/c1-5-9-11(3,4)10(2)7-6-8-10/h1H,6-9H2,2-4H3/q+1. The summed E-state index contributed by atoms with van der Waals surface area (Å²) in [5.41, 5.74) is 0.465. The minimum atomic E-state index is 0.465. The van der Waals surface area contributed by atoms with Crippen LogP contribution in [0.15, 0.2) is 0 Å². The number of rotatable bonds is 2. The van der Waals surface area contributed by atoms with E-state index in [0.717, 1.165) is 11.0 Å². The van der Waals surface area contributed by atoms with E-state index in [1.807, 2.05) is 0 Å². The van der Waals surface area contributed by atoms with Crippen molar-refractivity contribution in [1.82, 2.24) is 0 Å². The van der Waals surface area contributed by atoms with Crippen molar-refractivity contribution in [2.24, 2.45) is 0 Å². The van der Waals surface area contributed by atoms with Gasteiger partial charge in [-0.05, 0) is 19.3 Å². The second-order valence-electron chi connectivity index (χ2n) is 4.40. The molecule has 62 valence electrons. The Balaban J connectivity index is 2.64. The monoisotopic (exact) mass is 152 g/mol. The van der Waals surface area contributed by atoms with Gasteiger partial charge in [0.1, 0.15) is 6.54 Å². The average Bonchev–Trinajstić information content (AvgIpc) is 1.82. The van der Waals surface area contributed by atoms with Crippen LogP contribution in [0.3, 0.4) is 0 Å². The molecule has 1 aliphatic rings. The van der Waals surface area contributed by atoms with Crippen LogP contribution in [0.2, 0.25) is 0 Å². The summed E-state index contributed by atoms with van der Waals surface area (Å²) >= 11 is 0. The van der Waals surface area contributed by atoms with Gasteiger partial charge in [-0.3, -0.25) is 0 Å². The van der Waals surface area contributed by atoms with Crippen LogP contribution in [0.4, 0.5) is 0 Å². The van der Waals surface area contributed by atoms with Crippen LogP contribution in [0.1, 0.15) is 26.2 Å². The van der Waals surface area contributed by atoms with Gasteiger partial charge in [0.15, 0.2) is 0 Å². The summed E-state index contributed by atoms with van der Waals surface area (Å²) in [6.45, 7) is 3.20. The van der Waals surface area contributed by atoms with E-state index in [1.165, 1.54) is 19.3 Å². The lowest BCUT2D eigenvalue weighted by Crippen LogP contribution is -2.61. The van der Waals surface area contributed by atoms with Gasteiger partial charge in [0.25, 0.3) is 0 Å². The van der Waals surface area contributed by atoms with Gasteiger partial charge in [0, 0.05) is 12.8 Å².